The molecule has 0 saturated heterocycles. The topological polar surface area (TPSA) is 50.4 Å². The lowest BCUT2D eigenvalue weighted by molar-refractivity contribution is 0.0603. The minimum Gasteiger partial charge on any atom is -0.465 e. The third kappa shape index (κ3) is 4.80. The molecule has 0 aliphatic carbocycles. The quantitative estimate of drug-likeness (QED) is 0.550. The maximum absolute atomic E-state index is 12.4. The highest BCUT2D eigenvalue weighted by atomic mass is 32.1. The molecule has 25 heavy (non-hydrogen) atoms. The molecule has 0 amide bonds. The molecule has 0 bridgehead atoms. The lowest BCUT2D eigenvalue weighted by Gasteiger charge is -2.16. The number of thiocarbonyl (C=S) groups is 1. The number of nitrogens with one attached hydrogen (secondary N) is 2. The van der Waals surface area contributed by atoms with E-state index in [0.29, 0.717) is 15.7 Å². The van der Waals surface area contributed by atoms with Crippen LogP contribution in [0.4, 0.5) is 5.00 Å². The fourth-order valence-corrected chi connectivity index (χ4v) is 4.19. The van der Waals surface area contributed by atoms with E-state index < -0.39 is 0 Å². The largest absolute Gasteiger partial charge is 0.465 e. The van der Waals surface area contributed by atoms with Crippen molar-refractivity contribution < 1.29 is 9.53 Å². The first-order valence-electron chi connectivity index (χ1n) is 8.32. The molecule has 0 radical (unpaired) electrons. The van der Waals surface area contributed by atoms with E-state index in [-0.39, 0.29) is 12.0 Å². The van der Waals surface area contributed by atoms with Crippen molar-refractivity contribution in [3.05, 3.63) is 40.8 Å². The number of thiophene rings is 1. The van der Waals surface area contributed by atoms with E-state index in [1.54, 1.807) is 0 Å². The zero-order valence-corrected chi connectivity index (χ0v) is 16.6. The van der Waals surface area contributed by atoms with Crippen molar-refractivity contribution in [1.82, 2.24) is 5.32 Å². The van der Waals surface area contributed by atoms with E-state index in [2.05, 4.69) is 24.5 Å². The van der Waals surface area contributed by atoms with Crippen LogP contribution >= 0.6 is 23.6 Å². The predicted octanol–water partition coefficient (Wildman–Crippen LogP) is 4.99. The van der Waals surface area contributed by atoms with Crippen molar-refractivity contribution in [2.24, 2.45) is 0 Å². The monoisotopic (exact) mass is 376 g/mol. The van der Waals surface area contributed by atoms with Gasteiger partial charge in [0.1, 0.15) is 10.6 Å². The summed E-state index contributed by atoms with van der Waals surface area (Å²) < 4.78 is 5.02. The summed E-state index contributed by atoms with van der Waals surface area (Å²) in [6, 6.07) is 10.1. The van der Waals surface area contributed by atoms with E-state index in [9.17, 15) is 4.79 Å². The first-order chi connectivity index (χ1) is 12.0. The Morgan fingerprint density at radius 2 is 2.00 bits per heavy atom. The number of carbonyl (C=O) groups is 1. The molecule has 0 saturated carbocycles. The number of aryl methyl sites for hydroxylation is 1. The van der Waals surface area contributed by atoms with Gasteiger partial charge in [0.2, 0.25) is 0 Å². The van der Waals surface area contributed by atoms with Gasteiger partial charge in [0.25, 0.3) is 0 Å². The van der Waals surface area contributed by atoms with Crippen molar-refractivity contribution in [3.8, 4) is 11.1 Å². The molecule has 134 valence electrons. The van der Waals surface area contributed by atoms with Crippen LogP contribution in [-0.2, 0) is 4.74 Å². The highest BCUT2D eigenvalue weighted by Gasteiger charge is 2.24. The van der Waals surface area contributed by atoms with E-state index in [4.69, 9.17) is 17.0 Å². The summed E-state index contributed by atoms with van der Waals surface area (Å²) in [6.07, 6.45) is 2.12. The molecule has 2 aromatic rings. The molecular formula is C19H24N2O2S2. The van der Waals surface area contributed by atoms with Gasteiger partial charge in [-0.1, -0.05) is 43.7 Å². The van der Waals surface area contributed by atoms with Gasteiger partial charge >= 0.3 is 5.97 Å². The summed E-state index contributed by atoms with van der Waals surface area (Å²) in [7, 11) is 1.40. The number of hydrogen-bond donors (Lipinski definition) is 2. The Balaban J connectivity index is 2.36. The average molecular weight is 377 g/mol. The molecule has 0 fully saturated rings. The lowest BCUT2D eigenvalue weighted by atomic mass is 10.0. The second-order valence-electron chi connectivity index (χ2n) is 5.88. The van der Waals surface area contributed by atoms with Crippen LogP contribution in [0.5, 0.6) is 0 Å². The number of ether oxygens (including phenoxy) is 1. The van der Waals surface area contributed by atoms with Crippen LogP contribution in [0, 0.1) is 6.92 Å². The molecule has 1 aromatic carbocycles. The number of methoxy groups -OCH3 is 1. The third-order valence-corrected chi connectivity index (χ3v) is 5.10. The maximum Gasteiger partial charge on any atom is 0.341 e. The Kier molecular flexibility index (Phi) is 6.96. The molecule has 6 heteroatoms. The van der Waals surface area contributed by atoms with Gasteiger partial charge in [0, 0.05) is 16.5 Å². The molecular weight excluding hydrogens is 352 g/mol. The van der Waals surface area contributed by atoms with Crippen molar-refractivity contribution in [2.75, 3.05) is 12.4 Å². The molecule has 4 nitrogen and oxygen atoms in total. The highest BCUT2D eigenvalue weighted by Crippen LogP contribution is 2.40. The van der Waals surface area contributed by atoms with Crippen molar-refractivity contribution in [2.45, 2.75) is 39.7 Å². The second-order valence-corrected chi connectivity index (χ2v) is 7.52. The van der Waals surface area contributed by atoms with Crippen LogP contribution in [0.3, 0.4) is 0 Å². The van der Waals surface area contributed by atoms with Crippen LogP contribution in [0.2, 0.25) is 0 Å². The molecule has 0 aliphatic rings. The van der Waals surface area contributed by atoms with Crippen LogP contribution in [0.15, 0.2) is 30.3 Å². The Morgan fingerprint density at radius 1 is 1.32 bits per heavy atom. The molecule has 1 aromatic heterocycles. The van der Waals surface area contributed by atoms with Gasteiger partial charge in [-0.3, -0.25) is 0 Å². The molecule has 0 spiro atoms. The minimum absolute atomic E-state index is 0.279. The van der Waals surface area contributed by atoms with Crippen LogP contribution in [-0.4, -0.2) is 24.2 Å². The summed E-state index contributed by atoms with van der Waals surface area (Å²) in [5.41, 5.74) is 2.41. The number of rotatable bonds is 6. The Morgan fingerprint density at radius 3 is 2.60 bits per heavy atom. The van der Waals surface area contributed by atoms with Crippen LogP contribution in [0.1, 0.15) is 41.9 Å². The number of benzene rings is 1. The summed E-state index contributed by atoms with van der Waals surface area (Å²) >= 11 is 6.92. The Hall–Kier alpha value is -1.92. The first kappa shape index (κ1) is 19.4. The summed E-state index contributed by atoms with van der Waals surface area (Å²) in [6.45, 7) is 6.23. The number of esters is 1. The third-order valence-electron chi connectivity index (χ3n) is 3.86. The van der Waals surface area contributed by atoms with Gasteiger partial charge in [0.15, 0.2) is 5.11 Å². The van der Waals surface area contributed by atoms with E-state index in [0.717, 1.165) is 28.8 Å². The Bertz CT molecular complexity index is 741. The molecule has 1 atom stereocenters. The van der Waals surface area contributed by atoms with Crippen molar-refractivity contribution in [1.29, 1.82) is 0 Å². The normalized spacial score (nSPS) is 11.7. The number of hydrogen-bond acceptors (Lipinski definition) is 4. The molecule has 2 rings (SSSR count). The van der Waals surface area contributed by atoms with Crippen LogP contribution in [0.25, 0.3) is 11.1 Å². The van der Waals surface area contributed by atoms with E-state index >= 15 is 0 Å². The average Bonchev–Trinajstić information content (AvgIpc) is 2.90. The van der Waals surface area contributed by atoms with Gasteiger partial charge in [-0.15, -0.1) is 11.3 Å². The summed E-state index contributed by atoms with van der Waals surface area (Å²) in [5.74, 6) is -0.366. The SMILES string of the molecule is CCCC(C)NC(=S)Nc1sc(C)c(-c2ccccc2)c1C(=O)OC. The van der Waals surface area contributed by atoms with Crippen molar-refractivity contribution in [3.63, 3.8) is 0 Å². The first-order valence-corrected chi connectivity index (χ1v) is 9.55. The van der Waals surface area contributed by atoms with Gasteiger partial charge in [0.05, 0.1) is 7.11 Å². The fourth-order valence-electron chi connectivity index (χ4n) is 2.75. The lowest BCUT2D eigenvalue weighted by Crippen LogP contribution is -2.35. The van der Waals surface area contributed by atoms with E-state index in [1.807, 2.05) is 37.3 Å². The molecule has 1 unspecified atom stereocenters. The second kappa shape index (κ2) is 8.97. The van der Waals surface area contributed by atoms with Crippen LogP contribution < -0.4 is 10.6 Å². The van der Waals surface area contributed by atoms with Crippen molar-refractivity contribution >= 4 is 39.6 Å². The highest BCUT2D eigenvalue weighted by molar-refractivity contribution is 7.80. The van der Waals surface area contributed by atoms with E-state index in [1.165, 1.54) is 18.4 Å². The summed E-state index contributed by atoms with van der Waals surface area (Å²) in [4.78, 5) is 13.5. The minimum atomic E-state index is -0.366. The molecule has 0 aliphatic heterocycles. The molecule has 2 N–H and O–H groups in total. The Labute approximate surface area is 158 Å². The smallest absolute Gasteiger partial charge is 0.341 e. The fraction of sp³-hybridized carbons (Fsp3) is 0.368. The van der Waals surface area contributed by atoms with Gasteiger partial charge in [-0.05, 0) is 38.0 Å². The zero-order chi connectivity index (χ0) is 18.4. The van der Waals surface area contributed by atoms with Gasteiger partial charge in [-0.2, -0.15) is 0 Å². The molecule has 1 heterocycles. The number of anilines is 1. The predicted molar refractivity (Wildman–Crippen MR) is 110 cm³/mol. The van der Waals surface area contributed by atoms with Gasteiger partial charge < -0.3 is 15.4 Å². The van der Waals surface area contributed by atoms with Gasteiger partial charge in [-0.25, -0.2) is 4.79 Å². The summed E-state index contributed by atoms with van der Waals surface area (Å²) in [5, 5.41) is 7.67. The zero-order valence-electron chi connectivity index (χ0n) is 15.0. The maximum atomic E-state index is 12.4. The standard InChI is InChI=1S/C19H24N2O2S2/c1-5-9-12(2)20-19(24)21-17-16(18(22)23-4)15(13(3)25-17)14-10-7-6-8-11-14/h6-8,10-12H,5,9H2,1-4H3,(H2,20,21,24). The number of carbonyl (C=O) groups excluding carboxylic acids is 1.